The van der Waals surface area contributed by atoms with Gasteiger partial charge in [-0.15, -0.1) is 10.2 Å². The lowest BCUT2D eigenvalue weighted by Gasteiger charge is -2.06. The first kappa shape index (κ1) is 21.6. The molecule has 0 aliphatic carbocycles. The first-order chi connectivity index (χ1) is 14.0. The number of rotatable bonds is 8. The fourth-order valence-electron chi connectivity index (χ4n) is 2.20. The summed E-state index contributed by atoms with van der Waals surface area (Å²) in [6.07, 6.45) is 0. The molecule has 6 nitrogen and oxygen atoms in total. The minimum Gasteiger partial charge on any atom is -0.326 e. The number of hydrogen-bond acceptors (Lipinski definition) is 7. The topological polar surface area (TPSA) is 84.0 Å². The van der Waals surface area contributed by atoms with Crippen molar-refractivity contribution in [1.82, 2.24) is 10.2 Å². The maximum absolute atomic E-state index is 12.1. The number of thioether (sulfide) groups is 2. The Morgan fingerprint density at radius 3 is 2.14 bits per heavy atom. The Balaban J connectivity index is 1.43. The lowest BCUT2D eigenvalue weighted by molar-refractivity contribution is -0.114. The van der Waals surface area contributed by atoms with E-state index in [4.69, 9.17) is 11.6 Å². The number of hydrogen-bond donors (Lipinski definition) is 2. The second-order valence-corrected chi connectivity index (χ2v) is 9.70. The summed E-state index contributed by atoms with van der Waals surface area (Å²) in [4.78, 5) is 23.2. The maximum atomic E-state index is 12.1. The molecule has 0 bridgehead atoms. The molecule has 0 spiro atoms. The second-order valence-electron chi connectivity index (χ2n) is 5.84. The standard InChI is InChI=1S/C19H17ClN4O2S3/c1-12(25)21-15-6-8-16(9-7-15)22-17(26)11-28-19-24-23-18(29-19)27-10-13-2-4-14(20)5-3-13/h2-9H,10-11H2,1H3,(H,21,25)(H,22,26). The van der Waals surface area contributed by atoms with E-state index in [2.05, 4.69) is 20.8 Å². The highest BCUT2D eigenvalue weighted by Gasteiger charge is 2.09. The molecular formula is C19H17ClN4O2S3. The molecular weight excluding hydrogens is 448 g/mol. The molecule has 2 aromatic carbocycles. The molecule has 0 saturated heterocycles. The highest BCUT2D eigenvalue weighted by atomic mass is 35.5. The summed E-state index contributed by atoms with van der Waals surface area (Å²) in [5.74, 6) is 0.754. The molecule has 0 fully saturated rings. The molecule has 0 radical (unpaired) electrons. The monoisotopic (exact) mass is 464 g/mol. The molecule has 150 valence electrons. The van der Waals surface area contributed by atoms with Gasteiger partial charge in [-0.05, 0) is 42.0 Å². The molecule has 10 heteroatoms. The molecule has 0 unspecified atom stereocenters. The largest absolute Gasteiger partial charge is 0.326 e. The van der Waals surface area contributed by atoms with Gasteiger partial charge in [0.2, 0.25) is 11.8 Å². The molecule has 3 rings (SSSR count). The lowest BCUT2D eigenvalue weighted by atomic mass is 10.2. The second kappa shape index (κ2) is 10.6. The van der Waals surface area contributed by atoms with Crippen LogP contribution in [0.5, 0.6) is 0 Å². The van der Waals surface area contributed by atoms with Crippen LogP contribution < -0.4 is 10.6 Å². The van der Waals surface area contributed by atoms with Gasteiger partial charge in [-0.25, -0.2) is 0 Å². The van der Waals surface area contributed by atoms with E-state index in [9.17, 15) is 9.59 Å². The third-order valence-electron chi connectivity index (χ3n) is 3.48. The number of carbonyl (C=O) groups excluding carboxylic acids is 2. The molecule has 2 amide bonds. The van der Waals surface area contributed by atoms with Gasteiger partial charge in [0.1, 0.15) is 0 Å². The van der Waals surface area contributed by atoms with E-state index in [-0.39, 0.29) is 17.6 Å². The number of aromatic nitrogens is 2. The highest BCUT2D eigenvalue weighted by Crippen LogP contribution is 2.31. The number of anilines is 2. The number of halogens is 1. The zero-order chi connectivity index (χ0) is 20.6. The number of amides is 2. The van der Waals surface area contributed by atoms with Gasteiger partial charge in [0.15, 0.2) is 8.68 Å². The summed E-state index contributed by atoms with van der Waals surface area (Å²) < 4.78 is 1.61. The number of benzene rings is 2. The van der Waals surface area contributed by atoms with Crippen LogP contribution in [0.2, 0.25) is 5.02 Å². The summed E-state index contributed by atoms with van der Waals surface area (Å²) in [5.41, 5.74) is 2.51. The van der Waals surface area contributed by atoms with Crippen LogP contribution in [0.4, 0.5) is 11.4 Å². The summed E-state index contributed by atoms with van der Waals surface area (Å²) >= 11 is 10.3. The molecule has 0 saturated carbocycles. The summed E-state index contributed by atoms with van der Waals surface area (Å²) in [6.45, 7) is 1.45. The van der Waals surface area contributed by atoms with Crippen molar-refractivity contribution in [2.75, 3.05) is 16.4 Å². The van der Waals surface area contributed by atoms with Gasteiger partial charge in [0, 0.05) is 29.1 Å². The zero-order valence-corrected chi connectivity index (χ0v) is 18.6. The summed E-state index contributed by atoms with van der Waals surface area (Å²) in [7, 11) is 0. The molecule has 0 aliphatic heterocycles. The maximum Gasteiger partial charge on any atom is 0.234 e. The van der Waals surface area contributed by atoms with Gasteiger partial charge in [-0.1, -0.05) is 58.6 Å². The number of carbonyl (C=O) groups is 2. The Labute approximate surface area is 185 Å². The fraction of sp³-hybridized carbons (Fsp3) is 0.158. The first-order valence-electron chi connectivity index (χ1n) is 8.49. The van der Waals surface area contributed by atoms with Crippen LogP contribution in [0.1, 0.15) is 12.5 Å². The van der Waals surface area contributed by atoms with Gasteiger partial charge < -0.3 is 10.6 Å². The van der Waals surface area contributed by atoms with Crippen molar-refractivity contribution in [3.05, 3.63) is 59.1 Å². The van der Waals surface area contributed by atoms with Crippen LogP contribution in [-0.2, 0) is 15.3 Å². The van der Waals surface area contributed by atoms with Gasteiger partial charge in [-0.3, -0.25) is 9.59 Å². The normalized spacial score (nSPS) is 10.6. The Morgan fingerprint density at radius 1 is 0.931 bits per heavy atom. The average molecular weight is 465 g/mol. The molecule has 29 heavy (non-hydrogen) atoms. The molecule has 0 aliphatic rings. The van der Waals surface area contributed by atoms with Gasteiger partial charge in [0.05, 0.1) is 5.75 Å². The first-order valence-corrected chi connectivity index (χ1v) is 11.7. The van der Waals surface area contributed by atoms with Gasteiger partial charge in [-0.2, -0.15) is 0 Å². The molecule has 1 heterocycles. The van der Waals surface area contributed by atoms with E-state index in [1.165, 1.54) is 30.0 Å². The lowest BCUT2D eigenvalue weighted by Crippen LogP contribution is -2.14. The van der Waals surface area contributed by atoms with E-state index < -0.39 is 0 Å². The minimum absolute atomic E-state index is 0.132. The molecule has 2 N–H and O–H groups in total. The quantitative estimate of drug-likeness (QED) is 0.447. The van der Waals surface area contributed by atoms with Crippen LogP contribution in [0, 0.1) is 0 Å². The average Bonchev–Trinajstić information content (AvgIpc) is 3.15. The SMILES string of the molecule is CC(=O)Nc1ccc(NC(=O)CSc2nnc(SCc3ccc(Cl)cc3)s2)cc1. The predicted octanol–water partition coefficient (Wildman–Crippen LogP) is 5.17. The Hall–Kier alpha value is -2.07. The summed E-state index contributed by atoms with van der Waals surface area (Å²) in [6, 6.07) is 14.7. The van der Waals surface area contributed by atoms with E-state index >= 15 is 0 Å². The van der Waals surface area contributed by atoms with Gasteiger partial charge in [0.25, 0.3) is 0 Å². The minimum atomic E-state index is -0.138. The Kier molecular flexibility index (Phi) is 7.93. The van der Waals surface area contributed by atoms with Crippen molar-refractivity contribution in [3.8, 4) is 0 Å². The summed E-state index contributed by atoms with van der Waals surface area (Å²) in [5, 5.41) is 14.5. The van der Waals surface area contributed by atoms with Crippen molar-refractivity contribution < 1.29 is 9.59 Å². The molecule has 3 aromatic rings. The Bertz CT molecular complexity index is 978. The van der Waals surface area contributed by atoms with Crippen LogP contribution >= 0.6 is 46.5 Å². The van der Waals surface area contributed by atoms with Crippen molar-refractivity contribution in [2.45, 2.75) is 21.4 Å². The Morgan fingerprint density at radius 2 is 1.52 bits per heavy atom. The van der Waals surface area contributed by atoms with E-state index in [0.717, 1.165) is 25.0 Å². The van der Waals surface area contributed by atoms with E-state index in [0.29, 0.717) is 11.4 Å². The molecule has 0 atom stereocenters. The van der Waals surface area contributed by atoms with Crippen molar-refractivity contribution in [2.24, 2.45) is 0 Å². The van der Waals surface area contributed by atoms with Crippen LogP contribution in [0.15, 0.2) is 57.2 Å². The number of nitrogens with zero attached hydrogens (tertiary/aromatic N) is 2. The predicted molar refractivity (Wildman–Crippen MR) is 121 cm³/mol. The van der Waals surface area contributed by atoms with Crippen molar-refractivity contribution in [3.63, 3.8) is 0 Å². The van der Waals surface area contributed by atoms with Crippen LogP contribution in [-0.4, -0.2) is 27.8 Å². The third-order valence-corrected chi connectivity index (χ3v) is 6.99. The van der Waals surface area contributed by atoms with E-state index in [1.54, 1.807) is 36.0 Å². The van der Waals surface area contributed by atoms with Crippen LogP contribution in [0.3, 0.4) is 0 Å². The van der Waals surface area contributed by atoms with Gasteiger partial charge >= 0.3 is 0 Å². The van der Waals surface area contributed by atoms with Crippen molar-refractivity contribution in [1.29, 1.82) is 0 Å². The van der Waals surface area contributed by atoms with Crippen LogP contribution in [0.25, 0.3) is 0 Å². The zero-order valence-electron chi connectivity index (χ0n) is 15.3. The van der Waals surface area contributed by atoms with Crippen molar-refractivity contribution >= 4 is 69.7 Å². The molecule has 1 aromatic heterocycles. The smallest absolute Gasteiger partial charge is 0.234 e. The third kappa shape index (κ3) is 7.36. The highest BCUT2D eigenvalue weighted by molar-refractivity contribution is 8.03. The van der Waals surface area contributed by atoms with E-state index in [1.807, 2.05) is 24.3 Å². The fourth-order valence-corrected chi connectivity index (χ4v) is 5.11. The number of nitrogens with one attached hydrogen (secondary N) is 2.